The Bertz CT molecular complexity index is 994. The van der Waals surface area contributed by atoms with Crippen LogP contribution in [0.3, 0.4) is 0 Å². The Kier molecular flexibility index (Phi) is 5.98. The first-order valence-electron chi connectivity index (χ1n) is 9.03. The van der Waals surface area contributed by atoms with Gasteiger partial charge in [-0.25, -0.2) is 4.98 Å². The number of methoxy groups -OCH3 is 1. The number of aryl methyl sites for hydroxylation is 1. The molecule has 3 rings (SSSR count). The van der Waals surface area contributed by atoms with Gasteiger partial charge in [-0.1, -0.05) is 24.3 Å². The van der Waals surface area contributed by atoms with Crippen LogP contribution >= 0.6 is 0 Å². The number of fused-ring (bicyclic) bond motifs is 1. The molecule has 1 N–H and O–H groups in total. The van der Waals surface area contributed by atoms with E-state index in [4.69, 9.17) is 4.74 Å². The van der Waals surface area contributed by atoms with Crippen LogP contribution in [-0.2, 0) is 11.3 Å². The van der Waals surface area contributed by atoms with E-state index in [1.165, 1.54) is 0 Å². The first-order valence-corrected chi connectivity index (χ1v) is 9.03. The van der Waals surface area contributed by atoms with E-state index < -0.39 is 0 Å². The van der Waals surface area contributed by atoms with Gasteiger partial charge >= 0.3 is 0 Å². The minimum absolute atomic E-state index is 0.132. The lowest BCUT2D eigenvalue weighted by Crippen LogP contribution is -2.25. The molecule has 0 radical (unpaired) electrons. The lowest BCUT2D eigenvalue weighted by atomic mass is 10.1. The third kappa shape index (κ3) is 4.06. The molecule has 0 bridgehead atoms. The first-order chi connectivity index (χ1) is 13.2. The summed E-state index contributed by atoms with van der Waals surface area (Å²) in [6, 6.07) is 14.6. The molecular formula is C21H23N3O3. The number of para-hydroxylation sites is 2. The number of amides is 1. The van der Waals surface area contributed by atoms with Crippen molar-refractivity contribution < 1.29 is 9.53 Å². The summed E-state index contributed by atoms with van der Waals surface area (Å²) in [6.07, 6.45) is 0.762. The molecule has 2 aromatic carbocycles. The molecule has 27 heavy (non-hydrogen) atoms. The number of nitrogens with one attached hydrogen (secondary N) is 1. The van der Waals surface area contributed by atoms with Crippen molar-refractivity contribution in [2.45, 2.75) is 19.9 Å². The van der Waals surface area contributed by atoms with Crippen molar-refractivity contribution in [1.29, 1.82) is 0 Å². The van der Waals surface area contributed by atoms with E-state index in [9.17, 15) is 9.59 Å². The molecule has 6 nitrogen and oxygen atoms in total. The zero-order valence-electron chi connectivity index (χ0n) is 15.6. The fourth-order valence-electron chi connectivity index (χ4n) is 2.99. The minimum Gasteiger partial charge on any atom is -0.385 e. The molecule has 0 saturated carbocycles. The van der Waals surface area contributed by atoms with Crippen LogP contribution in [0.25, 0.3) is 22.3 Å². The highest BCUT2D eigenvalue weighted by atomic mass is 16.5. The van der Waals surface area contributed by atoms with Gasteiger partial charge in [-0.15, -0.1) is 0 Å². The second-order valence-electron chi connectivity index (χ2n) is 6.18. The molecule has 0 atom stereocenters. The fourth-order valence-corrected chi connectivity index (χ4v) is 2.99. The van der Waals surface area contributed by atoms with E-state index >= 15 is 0 Å². The maximum atomic E-state index is 12.8. The van der Waals surface area contributed by atoms with E-state index in [0.29, 0.717) is 36.5 Å². The standard InChI is InChI=1S/C21H23N3O3/c1-3-24-18-8-5-4-7-17(18)23-19(21(24)26)15-9-11-16(12-10-15)20(25)22-13-6-14-27-2/h4-5,7-12H,3,6,13-14H2,1-2H3,(H,22,25). The molecule has 0 aliphatic rings. The predicted molar refractivity (Wildman–Crippen MR) is 106 cm³/mol. The Labute approximate surface area is 157 Å². The molecular weight excluding hydrogens is 342 g/mol. The summed E-state index contributed by atoms with van der Waals surface area (Å²) in [7, 11) is 1.63. The van der Waals surface area contributed by atoms with Crippen LogP contribution in [0, 0.1) is 0 Å². The summed E-state index contributed by atoms with van der Waals surface area (Å²) in [5.74, 6) is -0.143. The van der Waals surface area contributed by atoms with E-state index in [1.54, 1.807) is 35.9 Å². The third-order valence-electron chi connectivity index (χ3n) is 4.40. The van der Waals surface area contributed by atoms with Gasteiger partial charge in [-0.05, 0) is 37.6 Å². The van der Waals surface area contributed by atoms with Crippen molar-refractivity contribution >= 4 is 16.9 Å². The van der Waals surface area contributed by atoms with Crippen molar-refractivity contribution in [3.63, 3.8) is 0 Å². The lowest BCUT2D eigenvalue weighted by molar-refractivity contribution is 0.0948. The number of aromatic nitrogens is 2. The topological polar surface area (TPSA) is 73.2 Å². The van der Waals surface area contributed by atoms with E-state index in [1.807, 2.05) is 31.2 Å². The van der Waals surface area contributed by atoms with Crippen molar-refractivity contribution in [3.05, 3.63) is 64.4 Å². The van der Waals surface area contributed by atoms with Crippen LogP contribution in [0.2, 0.25) is 0 Å². The fraction of sp³-hybridized carbons (Fsp3) is 0.286. The van der Waals surface area contributed by atoms with Crippen molar-refractivity contribution in [2.24, 2.45) is 0 Å². The van der Waals surface area contributed by atoms with Gasteiger partial charge in [0.25, 0.3) is 11.5 Å². The van der Waals surface area contributed by atoms with Crippen molar-refractivity contribution in [3.8, 4) is 11.3 Å². The molecule has 1 heterocycles. The SMILES string of the molecule is CCn1c(=O)c(-c2ccc(C(=O)NCCCOC)cc2)nc2ccccc21. The maximum Gasteiger partial charge on any atom is 0.277 e. The maximum absolute atomic E-state index is 12.8. The second kappa shape index (κ2) is 8.60. The van der Waals surface area contributed by atoms with Gasteiger partial charge in [-0.3, -0.25) is 9.59 Å². The molecule has 0 saturated heterocycles. The van der Waals surface area contributed by atoms with Crippen molar-refractivity contribution in [2.75, 3.05) is 20.3 Å². The molecule has 0 aliphatic carbocycles. The molecule has 0 fully saturated rings. The minimum atomic E-state index is -0.143. The number of ether oxygens (including phenoxy) is 1. The molecule has 140 valence electrons. The van der Waals surface area contributed by atoms with Gasteiger partial charge in [-0.2, -0.15) is 0 Å². The van der Waals surface area contributed by atoms with Crippen LogP contribution in [0.15, 0.2) is 53.3 Å². The van der Waals surface area contributed by atoms with E-state index in [2.05, 4.69) is 10.3 Å². The summed E-state index contributed by atoms with van der Waals surface area (Å²) in [4.78, 5) is 29.6. The van der Waals surface area contributed by atoms with E-state index in [0.717, 1.165) is 17.5 Å². The molecule has 6 heteroatoms. The number of nitrogens with zero attached hydrogens (tertiary/aromatic N) is 2. The highest BCUT2D eigenvalue weighted by Crippen LogP contribution is 2.18. The average molecular weight is 365 g/mol. The van der Waals surface area contributed by atoms with Gasteiger partial charge in [0.1, 0.15) is 5.69 Å². The van der Waals surface area contributed by atoms with Crippen LogP contribution in [0.4, 0.5) is 0 Å². The van der Waals surface area contributed by atoms with E-state index in [-0.39, 0.29) is 11.5 Å². The molecule has 3 aromatic rings. The van der Waals surface area contributed by atoms with Crippen LogP contribution in [0.1, 0.15) is 23.7 Å². The molecule has 0 aliphatic heterocycles. The quantitative estimate of drug-likeness (QED) is 0.654. The zero-order chi connectivity index (χ0) is 19.2. The highest BCUT2D eigenvalue weighted by Gasteiger charge is 2.12. The highest BCUT2D eigenvalue weighted by molar-refractivity contribution is 5.94. The van der Waals surface area contributed by atoms with Crippen LogP contribution < -0.4 is 10.9 Å². The summed E-state index contributed by atoms with van der Waals surface area (Å²) in [6.45, 7) is 3.67. The lowest BCUT2D eigenvalue weighted by Gasteiger charge is -2.11. The Balaban J connectivity index is 1.88. The van der Waals surface area contributed by atoms with Gasteiger partial charge < -0.3 is 14.6 Å². The van der Waals surface area contributed by atoms with Gasteiger partial charge in [0.05, 0.1) is 11.0 Å². The Morgan fingerprint density at radius 2 is 1.89 bits per heavy atom. The van der Waals surface area contributed by atoms with Gasteiger partial charge in [0, 0.05) is 37.9 Å². The molecule has 1 aromatic heterocycles. The summed E-state index contributed by atoms with van der Waals surface area (Å²) in [5, 5.41) is 2.85. The summed E-state index contributed by atoms with van der Waals surface area (Å²) in [5.41, 5.74) is 3.10. The largest absolute Gasteiger partial charge is 0.385 e. The number of rotatable bonds is 7. The smallest absolute Gasteiger partial charge is 0.277 e. The molecule has 1 amide bonds. The van der Waals surface area contributed by atoms with Crippen molar-refractivity contribution in [1.82, 2.24) is 14.9 Å². The Morgan fingerprint density at radius 1 is 1.15 bits per heavy atom. The number of carbonyl (C=O) groups is 1. The predicted octanol–water partition coefficient (Wildman–Crippen LogP) is 2.85. The number of hydrogen-bond donors (Lipinski definition) is 1. The number of benzene rings is 2. The Morgan fingerprint density at radius 3 is 2.59 bits per heavy atom. The van der Waals surface area contributed by atoms with Gasteiger partial charge in [0.2, 0.25) is 0 Å². The second-order valence-corrected chi connectivity index (χ2v) is 6.18. The average Bonchev–Trinajstić information content (AvgIpc) is 2.71. The number of hydrogen-bond acceptors (Lipinski definition) is 4. The zero-order valence-corrected chi connectivity index (χ0v) is 15.6. The summed E-state index contributed by atoms with van der Waals surface area (Å²) < 4.78 is 6.68. The van der Waals surface area contributed by atoms with Crippen LogP contribution in [-0.4, -0.2) is 35.7 Å². The molecule has 0 unspecified atom stereocenters. The number of carbonyl (C=O) groups excluding carboxylic acids is 1. The Hall–Kier alpha value is -2.99. The molecule has 0 spiro atoms. The van der Waals surface area contributed by atoms with Crippen LogP contribution in [0.5, 0.6) is 0 Å². The first kappa shape index (κ1) is 18.8. The normalized spacial score (nSPS) is 10.9. The third-order valence-corrected chi connectivity index (χ3v) is 4.40. The van der Waals surface area contributed by atoms with Gasteiger partial charge in [0.15, 0.2) is 0 Å². The monoisotopic (exact) mass is 365 g/mol. The summed E-state index contributed by atoms with van der Waals surface area (Å²) >= 11 is 0.